The van der Waals surface area contributed by atoms with Crippen LogP contribution in [-0.2, 0) is 10.8 Å². The normalized spacial score (nSPS) is 11.9. The zero-order valence-electron chi connectivity index (χ0n) is 19.1. The van der Waals surface area contributed by atoms with Crippen LogP contribution in [0.4, 0.5) is 5.95 Å². The summed E-state index contributed by atoms with van der Waals surface area (Å²) in [5, 5.41) is 3.91. The summed E-state index contributed by atoms with van der Waals surface area (Å²) in [7, 11) is 0.690. The first-order chi connectivity index (χ1) is 16.0. The lowest BCUT2D eigenvalue weighted by Crippen LogP contribution is -2.02. The van der Waals surface area contributed by atoms with Gasteiger partial charge >= 0.3 is 0 Å². The highest BCUT2D eigenvalue weighted by Gasteiger charge is 2.16. The first kappa shape index (κ1) is 22.7. The number of benzene rings is 2. The number of nitrogens with one attached hydrogen (secondary N) is 1. The molecule has 0 bridgehead atoms. The quantitative estimate of drug-likeness (QED) is 0.397. The second kappa shape index (κ2) is 9.95. The van der Waals surface area contributed by atoms with Gasteiger partial charge in [-0.1, -0.05) is 18.2 Å². The highest BCUT2D eigenvalue weighted by molar-refractivity contribution is 7.84. The van der Waals surface area contributed by atoms with Crippen LogP contribution in [0, 0.1) is 0 Å². The van der Waals surface area contributed by atoms with E-state index in [1.165, 1.54) is 0 Å². The minimum absolute atomic E-state index is 0.513. The number of hydrogen-bond acceptors (Lipinski definition) is 7. The lowest BCUT2D eigenvalue weighted by molar-refractivity contribution is 0.288. The molecule has 4 aromatic rings. The highest BCUT2D eigenvalue weighted by Crippen LogP contribution is 2.37. The number of ether oxygens (including phenoxy) is 2. The van der Waals surface area contributed by atoms with Gasteiger partial charge in [0.05, 0.1) is 40.1 Å². The number of pyridine rings is 1. The first-order valence-corrected chi connectivity index (χ1v) is 12.3. The number of nitrogens with zero attached hydrogens (tertiary/aromatic N) is 3. The predicted molar refractivity (Wildman–Crippen MR) is 132 cm³/mol. The summed E-state index contributed by atoms with van der Waals surface area (Å²) in [5.41, 5.74) is 4.31. The molecule has 0 spiro atoms. The molecule has 170 valence electrons. The van der Waals surface area contributed by atoms with Crippen molar-refractivity contribution in [1.29, 1.82) is 0 Å². The van der Waals surface area contributed by atoms with Crippen LogP contribution in [0.25, 0.3) is 33.3 Å². The van der Waals surface area contributed by atoms with Gasteiger partial charge in [0.1, 0.15) is 0 Å². The molecular formula is C25H26N4O3S. The van der Waals surface area contributed by atoms with Crippen LogP contribution in [0.15, 0.2) is 59.8 Å². The van der Waals surface area contributed by atoms with Gasteiger partial charge in [-0.05, 0) is 37.6 Å². The van der Waals surface area contributed by atoms with E-state index in [2.05, 4.69) is 21.4 Å². The third-order valence-corrected chi connectivity index (χ3v) is 5.99. The van der Waals surface area contributed by atoms with E-state index in [1.807, 2.05) is 50.2 Å². The summed E-state index contributed by atoms with van der Waals surface area (Å²) in [5.74, 6) is 1.83. The maximum Gasteiger partial charge on any atom is 0.223 e. The smallest absolute Gasteiger partial charge is 0.223 e. The van der Waals surface area contributed by atoms with Crippen molar-refractivity contribution >= 4 is 27.7 Å². The molecule has 0 fully saturated rings. The summed E-state index contributed by atoms with van der Waals surface area (Å²) in [4.78, 5) is 14.3. The largest absolute Gasteiger partial charge is 0.490 e. The average molecular weight is 463 g/mol. The number of rotatable bonds is 8. The Labute approximate surface area is 195 Å². The highest BCUT2D eigenvalue weighted by atomic mass is 32.2. The van der Waals surface area contributed by atoms with Crippen molar-refractivity contribution in [2.75, 3.05) is 31.8 Å². The molecule has 2 aromatic carbocycles. The van der Waals surface area contributed by atoms with E-state index in [-0.39, 0.29) is 0 Å². The van der Waals surface area contributed by atoms with Crippen LogP contribution in [0.2, 0.25) is 0 Å². The van der Waals surface area contributed by atoms with Gasteiger partial charge < -0.3 is 14.8 Å². The summed E-state index contributed by atoms with van der Waals surface area (Å²) < 4.78 is 23.5. The van der Waals surface area contributed by atoms with Gasteiger partial charge in [-0.15, -0.1) is 0 Å². The van der Waals surface area contributed by atoms with E-state index in [0.29, 0.717) is 35.6 Å². The predicted octanol–water partition coefficient (Wildman–Crippen LogP) is 4.94. The average Bonchev–Trinajstić information content (AvgIpc) is 2.84. The lowest BCUT2D eigenvalue weighted by atomic mass is 10.0. The van der Waals surface area contributed by atoms with Gasteiger partial charge in [0, 0.05) is 48.3 Å². The zero-order chi connectivity index (χ0) is 23.4. The topological polar surface area (TPSA) is 86.2 Å². The maximum absolute atomic E-state index is 11.9. The lowest BCUT2D eigenvalue weighted by Gasteiger charge is -2.15. The third-order valence-electron chi connectivity index (χ3n) is 5.10. The maximum atomic E-state index is 11.9. The van der Waals surface area contributed by atoms with Crippen molar-refractivity contribution in [3.05, 3.63) is 54.9 Å². The molecule has 0 aliphatic carbocycles. The van der Waals surface area contributed by atoms with Crippen LogP contribution < -0.4 is 14.8 Å². The van der Waals surface area contributed by atoms with E-state index in [1.54, 1.807) is 25.7 Å². The van der Waals surface area contributed by atoms with E-state index in [0.717, 1.165) is 33.3 Å². The zero-order valence-corrected chi connectivity index (χ0v) is 19.9. The summed E-state index contributed by atoms with van der Waals surface area (Å²) in [6.07, 6.45) is 5.05. The van der Waals surface area contributed by atoms with Crippen molar-refractivity contribution in [2.45, 2.75) is 18.7 Å². The van der Waals surface area contributed by atoms with Gasteiger partial charge in [-0.25, -0.2) is 9.97 Å². The van der Waals surface area contributed by atoms with E-state index < -0.39 is 10.8 Å². The molecule has 0 aliphatic heterocycles. The Balaban J connectivity index is 1.90. The van der Waals surface area contributed by atoms with Crippen molar-refractivity contribution in [3.8, 4) is 33.9 Å². The molecular weight excluding hydrogens is 436 g/mol. The third kappa shape index (κ3) is 4.80. The molecule has 2 aromatic heterocycles. The Kier molecular flexibility index (Phi) is 6.84. The molecule has 4 rings (SSSR count). The molecule has 0 saturated heterocycles. The Morgan fingerprint density at radius 3 is 2.33 bits per heavy atom. The molecule has 1 N–H and O–H groups in total. The molecule has 1 unspecified atom stereocenters. The first-order valence-electron chi connectivity index (χ1n) is 10.7. The Bertz CT molecular complexity index is 1330. The van der Waals surface area contributed by atoms with Gasteiger partial charge in [0.25, 0.3) is 0 Å². The molecule has 0 amide bonds. The van der Waals surface area contributed by atoms with E-state index in [4.69, 9.17) is 14.5 Å². The molecule has 7 nitrogen and oxygen atoms in total. The molecule has 33 heavy (non-hydrogen) atoms. The second-order valence-electron chi connectivity index (χ2n) is 7.27. The molecule has 0 aliphatic rings. The number of aromatic nitrogens is 3. The van der Waals surface area contributed by atoms with Crippen molar-refractivity contribution in [3.63, 3.8) is 0 Å². The van der Waals surface area contributed by atoms with E-state index >= 15 is 0 Å². The minimum atomic E-state index is -1.10. The van der Waals surface area contributed by atoms with Crippen molar-refractivity contribution < 1.29 is 13.7 Å². The van der Waals surface area contributed by atoms with Crippen molar-refractivity contribution in [2.24, 2.45) is 0 Å². The number of fused-ring (bicyclic) bond motifs is 1. The van der Waals surface area contributed by atoms with Crippen LogP contribution >= 0.6 is 0 Å². The summed E-state index contributed by atoms with van der Waals surface area (Å²) in [6.45, 7) is 4.93. The summed E-state index contributed by atoms with van der Waals surface area (Å²) >= 11 is 0. The molecule has 2 heterocycles. The Hall–Kier alpha value is -3.52. The second-order valence-corrected chi connectivity index (χ2v) is 8.65. The van der Waals surface area contributed by atoms with Crippen LogP contribution in [0.3, 0.4) is 0 Å². The van der Waals surface area contributed by atoms with E-state index in [9.17, 15) is 4.21 Å². The molecule has 0 saturated carbocycles. The fourth-order valence-electron chi connectivity index (χ4n) is 3.59. The molecule has 8 heteroatoms. The standard InChI is InChI=1S/C25H26N4O3S/c1-5-31-22-12-20-21(13-23(22)32-6-2)28-25(26-3)29-24(20)17-9-7-8-16(10-17)18-11-19(33(4)30)15-27-14-18/h7-15H,5-6H2,1-4H3,(H,26,28,29). The minimum Gasteiger partial charge on any atom is -0.490 e. The fraction of sp³-hybridized carbons (Fsp3) is 0.240. The van der Waals surface area contributed by atoms with Crippen LogP contribution in [0.1, 0.15) is 13.8 Å². The van der Waals surface area contributed by atoms with Crippen LogP contribution in [-0.4, -0.2) is 45.7 Å². The van der Waals surface area contributed by atoms with Crippen molar-refractivity contribution in [1.82, 2.24) is 15.0 Å². The van der Waals surface area contributed by atoms with Gasteiger partial charge in [-0.2, -0.15) is 0 Å². The Morgan fingerprint density at radius 2 is 1.64 bits per heavy atom. The molecule has 1 atom stereocenters. The van der Waals surface area contributed by atoms with Gasteiger partial charge in [-0.3, -0.25) is 9.19 Å². The monoisotopic (exact) mass is 462 g/mol. The van der Waals surface area contributed by atoms with Crippen LogP contribution in [0.5, 0.6) is 11.5 Å². The number of anilines is 1. The molecule has 0 radical (unpaired) electrons. The fourth-order valence-corrected chi connectivity index (χ4v) is 4.09. The van der Waals surface area contributed by atoms with Gasteiger partial charge in [0.2, 0.25) is 5.95 Å². The van der Waals surface area contributed by atoms with Gasteiger partial charge in [0.15, 0.2) is 11.5 Å². The number of hydrogen-bond donors (Lipinski definition) is 1. The Morgan fingerprint density at radius 1 is 0.909 bits per heavy atom. The SMILES string of the molecule is CCOc1cc2nc(NC)nc(-c3cccc(-c4cncc(S(C)=O)c4)c3)c2cc1OCC. The summed E-state index contributed by atoms with van der Waals surface area (Å²) in [6, 6.07) is 13.8.